The van der Waals surface area contributed by atoms with Crippen LogP contribution in [-0.2, 0) is 11.2 Å². The van der Waals surface area contributed by atoms with E-state index < -0.39 is 11.4 Å². The van der Waals surface area contributed by atoms with Gasteiger partial charge in [-0.25, -0.2) is 0 Å². The van der Waals surface area contributed by atoms with Crippen molar-refractivity contribution in [2.45, 2.75) is 58.8 Å². The molecule has 1 saturated carbocycles. The molecule has 1 aliphatic rings. The van der Waals surface area contributed by atoms with Gasteiger partial charge in [-0.15, -0.1) is 0 Å². The summed E-state index contributed by atoms with van der Waals surface area (Å²) in [5.41, 5.74) is 3.10. The zero-order chi connectivity index (χ0) is 13.9. The molecule has 1 fully saturated rings. The lowest BCUT2D eigenvalue weighted by atomic mass is 9.75. The Labute approximate surface area is 115 Å². The molecule has 0 heterocycles. The molecule has 0 amide bonds. The van der Waals surface area contributed by atoms with Gasteiger partial charge in [0.15, 0.2) is 0 Å². The highest BCUT2D eigenvalue weighted by atomic mass is 16.4. The number of aryl methyl sites for hydroxylation is 2. The van der Waals surface area contributed by atoms with Crippen LogP contribution >= 0.6 is 0 Å². The first-order chi connectivity index (χ1) is 9.02. The summed E-state index contributed by atoms with van der Waals surface area (Å²) in [5, 5.41) is 9.71. The quantitative estimate of drug-likeness (QED) is 0.824. The van der Waals surface area contributed by atoms with Crippen LogP contribution in [-0.4, -0.2) is 11.1 Å². The predicted molar refractivity (Wildman–Crippen MR) is 77.4 cm³/mol. The Morgan fingerprint density at radius 1 is 1.05 bits per heavy atom. The number of carboxylic acid groups (broad SMARTS) is 1. The van der Waals surface area contributed by atoms with Crippen LogP contribution in [0.2, 0.25) is 0 Å². The Bertz CT molecular complexity index is 434. The average molecular weight is 260 g/mol. The predicted octanol–water partition coefficient (Wildman–Crippen LogP) is 4.27. The van der Waals surface area contributed by atoms with Gasteiger partial charge in [0.25, 0.3) is 0 Å². The highest BCUT2D eigenvalue weighted by Crippen LogP contribution is 2.38. The highest BCUT2D eigenvalue weighted by molar-refractivity contribution is 5.75. The molecule has 0 saturated heterocycles. The van der Waals surface area contributed by atoms with Crippen LogP contribution < -0.4 is 0 Å². The Morgan fingerprint density at radius 2 is 1.58 bits per heavy atom. The summed E-state index contributed by atoms with van der Waals surface area (Å²) in [4.78, 5) is 11.8. The van der Waals surface area contributed by atoms with Crippen molar-refractivity contribution in [3.05, 3.63) is 34.9 Å². The van der Waals surface area contributed by atoms with Crippen LogP contribution in [0.1, 0.15) is 55.2 Å². The second kappa shape index (κ2) is 5.77. The van der Waals surface area contributed by atoms with Gasteiger partial charge in [0.1, 0.15) is 0 Å². The van der Waals surface area contributed by atoms with Crippen LogP contribution in [0.4, 0.5) is 0 Å². The number of carbonyl (C=O) groups is 1. The van der Waals surface area contributed by atoms with Gasteiger partial charge >= 0.3 is 5.97 Å². The third kappa shape index (κ3) is 3.37. The molecule has 0 aromatic heterocycles. The molecule has 0 bridgehead atoms. The Morgan fingerprint density at radius 3 is 2.05 bits per heavy atom. The van der Waals surface area contributed by atoms with Crippen LogP contribution in [0.5, 0.6) is 0 Å². The maximum Gasteiger partial charge on any atom is 0.309 e. The van der Waals surface area contributed by atoms with E-state index in [0.717, 1.165) is 25.7 Å². The molecule has 0 aliphatic heterocycles. The van der Waals surface area contributed by atoms with Crippen molar-refractivity contribution < 1.29 is 9.90 Å². The van der Waals surface area contributed by atoms with E-state index in [1.807, 2.05) is 0 Å². The molecule has 2 nitrogen and oxygen atoms in total. The number of carboxylic acids is 1. The van der Waals surface area contributed by atoms with Gasteiger partial charge in [0, 0.05) is 0 Å². The van der Waals surface area contributed by atoms with E-state index in [4.69, 9.17) is 0 Å². The largest absolute Gasteiger partial charge is 0.481 e. The fourth-order valence-corrected chi connectivity index (χ4v) is 3.43. The Kier molecular flexibility index (Phi) is 4.28. The summed E-state index contributed by atoms with van der Waals surface area (Å²) in [6.07, 6.45) is 6.81. The van der Waals surface area contributed by atoms with Crippen molar-refractivity contribution in [2.75, 3.05) is 0 Å². The lowest BCUT2D eigenvalue weighted by molar-refractivity contribution is -0.149. The van der Waals surface area contributed by atoms with Crippen molar-refractivity contribution in [1.29, 1.82) is 0 Å². The standard InChI is InChI=1S/C17H24O2/c1-13-9-14(2)11-15(10-13)12-17(16(18)19)7-5-3-4-6-8-17/h9-11H,3-8,12H2,1-2H3,(H,18,19). The second-order valence-electron chi connectivity index (χ2n) is 6.17. The summed E-state index contributed by atoms with van der Waals surface area (Å²) in [6.45, 7) is 4.16. The number of hydrogen-bond donors (Lipinski definition) is 1. The summed E-state index contributed by atoms with van der Waals surface area (Å²) < 4.78 is 0. The lowest BCUT2D eigenvalue weighted by Crippen LogP contribution is -2.33. The van der Waals surface area contributed by atoms with E-state index in [9.17, 15) is 9.90 Å². The summed E-state index contributed by atoms with van der Waals surface area (Å²) >= 11 is 0. The van der Waals surface area contributed by atoms with Crippen molar-refractivity contribution in [2.24, 2.45) is 5.41 Å². The number of hydrogen-bond acceptors (Lipinski definition) is 1. The zero-order valence-corrected chi connectivity index (χ0v) is 12.0. The van der Waals surface area contributed by atoms with Gasteiger partial charge in [-0.1, -0.05) is 55.0 Å². The summed E-state index contributed by atoms with van der Waals surface area (Å²) in [7, 11) is 0. The fraction of sp³-hybridized carbons (Fsp3) is 0.588. The minimum atomic E-state index is -0.603. The SMILES string of the molecule is Cc1cc(C)cc(CC2(C(=O)O)CCCCCC2)c1. The van der Waals surface area contributed by atoms with E-state index in [-0.39, 0.29) is 0 Å². The first-order valence-electron chi connectivity index (χ1n) is 7.32. The third-order valence-corrected chi connectivity index (χ3v) is 4.34. The Hall–Kier alpha value is -1.31. The van der Waals surface area contributed by atoms with Gasteiger partial charge in [0.2, 0.25) is 0 Å². The molecule has 0 radical (unpaired) electrons. The molecular weight excluding hydrogens is 236 g/mol. The van der Waals surface area contributed by atoms with Crippen LogP contribution in [0.3, 0.4) is 0 Å². The molecule has 104 valence electrons. The number of benzene rings is 1. The van der Waals surface area contributed by atoms with Gasteiger partial charge in [-0.05, 0) is 38.7 Å². The molecule has 2 heteroatoms. The van der Waals surface area contributed by atoms with E-state index in [1.54, 1.807) is 0 Å². The molecule has 1 aliphatic carbocycles. The third-order valence-electron chi connectivity index (χ3n) is 4.34. The van der Waals surface area contributed by atoms with E-state index >= 15 is 0 Å². The molecule has 1 aromatic rings. The summed E-state index contributed by atoms with van der Waals surface area (Å²) in [5.74, 6) is -0.603. The zero-order valence-electron chi connectivity index (χ0n) is 12.0. The fourth-order valence-electron chi connectivity index (χ4n) is 3.43. The topological polar surface area (TPSA) is 37.3 Å². The maximum absolute atomic E-state index is 11.8. The first-order valence-corrected chi connectivity index (χ1v) is 7.32. The van der Waals surface area contributed by atoms with Crippen molar-refractivity contribution >= 4 is 5.97 Å². The minimum Gasteiger partial charge on any atom is -0.481 e. The maximum atomic E-state index is 11.8. The summed E-state index contributed by atoms with van der Waals surface area (Å²) in [6, 6.07) is 6.43. The molecule has 2 rings (SSSR count). The smallest absolute Gasteiger partial charge is 0.309 e. The van der Waals surface area contributed by atoms with Crippen molar-refractivity contribution in [1.82, 2.24) is 0 Å². The monoisotopic (exact) mass is 260 g/mol. The van der Waals surface area contributed by atoms with E-state index in [0.29, 0.717) is 6.42 Å². The molecule has 0 atom stereocenters. The van der Waals surface area contributed by atoms with Gasteiger partial charge in [-0.3, -0.25) is 4.79 Å². The first kappa shape index (κ1) is 14.1. The van der Waals surface area contributed by atoms with Crippen molar-refractivity contribution in [3.8, 4) is 0 Å². The van der Waals surface area contributed by atoms with Crippen LogP contribution in [0.25, 0.3) is 0 Å². The van der Waals surface area contributed by atoms with E-state index in [2.05, 4.69) is 32.0 Å². The highest BCUT2D eigenvalue weighted by Gasteiger charge is 2.38. The molecule has 1 aromatic carbocycles. The lowest BCUT2D eigenvalue weighted by Gasteiger charge is -2.28. The number of rotatable bonds is 3. The van der Waals surface area contributed by atoms with E-state index in [1.165, 1.54) is 29.5 Å². The molecular formula is C17H24O2. The molecule has 0 spiro atoms. The molecule has 19 heavy (non-hydrogen) atoms. The van der Waals surface area contributed by atoms with Crippen LogP contribution in [0.15, 0.2) is 18.2 Å². The normalized spacial score (nSPS) is 18.8. The second-order valence-corrected chi connectivity index (χ2v) is 6.17. The molecule has 0 unspecified atom stereocenters. The van der Waals surface area contributed by atoms with Gasteiger partial charge in [-0.2, -0.15) is 0 Å². The van der Waals surface area contributed by atoms with Gasteiger partial charge < -0.3 is 5.11 Å². The van der Waals surface area contributed by atoms with Crippen LogP contribution in [0, 0.1) is 19.3 Å². The number of aliphatic carboxylic acids is 1. The Balaban J connectivity index is 2.27. The van der Waals surface area contributed by atoms with Gasteiger partial charge in [0.05, 0.1) is 5.41 Å². The van der Waals surface area contributed by atoms with Crippen molar-refractivity contribution in [3.63, 3.8) is 0 Å². The average Bonchev–Trinajstić information content (AvgIpc) is 2.54. The minimum absolute atomic E-state index is 0.531. The molecule has 1 N–H and O–H groups in total.